The highest BCUT2D eigenvalue weighted by molar-refractivity contribution is 5.88. The molecule has 1 saturated carbocycles. The second-order valence-electron chi connectivity index (χ2n) is 7.42. The van der Waals surface area contributed by atoms with Gasteiger partial charge < -0.3 is 20.0 Å². The monoisotopic (exact) mass is 352 g/mol. The van der Waals surface area contributed by atoms with E-state index in [0.29, 0.717) is 13.1 Å². The van der Waals surface area contributed by atoms with Crippen molar-refractivity contribution in [3.63, 3.8) is 0 Å². The van der Waals surface area contributed by atoms with Gasteiger partial charge in [-0.15, -0.1) is 0 Å². The van der Waals surface area contributed by atoms with E-state index in [2.05, 4.69) is 5.32 Å². The van der Waals surface area contributed by atoms with Crippen molar-refractivity contribution >= 4 is 17.8 Å². The summed E-state index contributed by atoms with van der Waals surface area (Å²) in [5.74, 6) is -0.171. The van der Waals surface area contributed by atoms with Crippen LogP contribution in [0.3, 0.4) is 0 Å². The highest BCUT2D eigenvalue weighted by atomic mass is 16.2. The summed E-state index contributed by atoms with van der Waals surface area (Å²) in [5.41, 5.74) is 0. The summed E-state index contributed by atoms with van der Waals surface area (Å²) in [7, 11) is 5.12. The van der Waals surface area contributed by atoms with Crippen molar-refractivity contribution < 1.29 is 14.4 Å². The van der Waals surface area contributed by atoms with Crippen molar-refractivity contribution in [2.24, 2.45) is 11.8 Å². The van der Waals surface area contributed by atoms with Gasteiger partial charge in [0.2, 0.25) is 11.8 Å². The number of nitrogens with zero attached hydrogens (tertiary/aromatic N) is 3. The number of nitrogens with one attached hydrogen (secondary N) is 1. The van der Waals surface area contributed by atoms with Crippen LogP contribution >= 0.6 is 0 Å². The van der Waals surface area contributed by atoms with Crippen LogP contribution in [0.4, 0.5) is 4.79 Å². The number of carbonyl (C=O) groups excluding carboxylic acids is 3. The Bertz CT molecular complexity index is 489. The lowest BCUT2D eigenvalue weighted by molar-refractivity contribution is -0.146. The van der Waals surface area contributed by atoms with Gasteiger partial charge in [-0.1, -0.05) is 12.8 Å². The number of rotatable bonds is 5. The fraction of sp³-hybridized carbons (Fsp3) is 0.833. The Kier molecular flexibility index (Phi) is 7.08. The van der Waals surface area contributed by atoms with Crippen LogP contribution in [-0.2, 0) is 9.59 Å². The van der Waals surface area contributed by atoms with Crippen molar-refractivity contribution in [1.82, 2.24) is 20.0 Å². The zero-order valence-corrected chi connectivity index (χ0v) is 15.8. The van der Waals surface area contributed by atoms with Gasteiger partial charge in [0.15, 0.2) is 0 Å². The molecule has 1 heterocycles. The van der Waals surface area contributed by atoms with Crippen LogP contribution in [0.1, 0.15) is 38.5 Å². The molecule has 4 amide bonds. The molecular formula is C18H32N4O3. The summed E-state index contributed by atoms with van der Waals surface area (Å²) in [6.07, 6.45) is 5.78. The van der Waals surface area contributed by atoms with E-state index in [4.69, 9.17) is 0 Å². The number of hydrogen-bond donors (Lipinski definition) is 1. The lowest BCUT2D eigenvalue weighted by Crippen LogP contribution is -2.47. The van der Waals surface area contributed by atoms with Crippen molar-refractivity contribution in [2.45, 2.75) is 38.5 Å². The quantitative estimate of drug-likeness (QED) is 0.806. The zero-order chi connectivity index (χ0) is 18.4. The molecule has 0 aromatic rings. The first-order chi connectivity index (χ1) is 11.9. The lowest BCUT2D eigenvalue weighted by atomic mass is 9.77. The van der Waals surface area contributed by atoms with E-state index >= 15 is 0 Å². The van der Waals surface area contributed by atoms with E-state index < -0.39 is 0 Å². The minimum Gasteiger partial charge on any atom is -0.344 e. The molecule has 142 valence electrons. The predicted octanol–water partition coefficient (Wildman–Crippen LogP) is 1.14. The lowest BCUT2D eigenvalue weighted by Gasteiger charge is -2.34. The fourth-order valence-electron chi connectivity index (χ4n) is 3.78. The minimum absolute atomic E-state index is 0.0383. The topological polar surface area (TPSA) is 73.0 Å². The predicted molar refractivity (Wildman–Crippen MR) is 96.0 cm³/mol. The molecule has 1 aliphatic carbocycles. The summed E-state index contributed by atoms with van der Waals surface area (Å²) < 4.78 is 0. The Hall–Kier alpha value is -1.79. The second-order valence-corrected chi connectivity index (χ2v) is 7.42. The molecule has 0 bridgehead atoms. The van der Waals surface area contributed by atoms with Crippen molar-refractivity contribution in [2.75, 3.05) is 47.3 Å². The average molecular weight is 352 g/mol. The molecule has 0 unspecified atom stereocenters. The summed E-state index contributed by atoms with van der Waals surface area (Å²) in [5, 5.41) is 2.77. The molecule has 1 saturated heterocycles. The van der Waals surface area contributed by atoms with Crippen LogP contribution in [0.25, 0.3) is 0 Å². The highest BCUT2D eigenvalue weighted by Crippen LogP contribution is 2.33. The van der Waals surface area contributed by atoms with Crippen molar-refractivity contribution in [3.05, 3.63) is 0 Å². The van der Waals surface area contributed by atoms with Gasteiger partial charge in [0, 0.05) is 59.2 Å². The maximum Gasteiger partial charge on any atom is 0.316 e. The van der Waals surface area contributed by atoms with E-state index in [1.165, 1.54) is 4.90 Å². The zero-order valence-electron chi connectivity index (χ0n) is 15.8. The highest BCUT2D eigenvalue weighted by Gasteiger charge is 2.39. The molecule has 2 fully saturated rings. The second kappa shape index (κ2) is 9.06. The van der Waals surface area contributed by atoms with Crippen LogP contribution in [-0.4, -0.2) is 79.9 Å². The summed E-state index contributed by atoms with van der Waals surface area (Å²) in [4.78, 5) is 42.3. The fourth-order valence-corrected chi connectivity index (χ4v) is 3.78. The Morgan fingerprint density at radius 2 is 1.56 bits per heavy atom. The molecule has 2 aliphatic rings. The number of urea groups is 1. The molecule has 1 aliphatic heterocycles. The third-order valence-corrected chi connectivity index (χ3v) is 5.32. The molecule has 0 spiro atoms. The standard InChI is InChI=1S/C18H32N4O3/c1-20(2)18(25)19-10-13-21(3)16(23)14-8-4-5-9-15(14)17(24)22-11-6-7-12-22/h14-15H,4-13H2,1-3H3,(H,19,25)/t14-,15+/m0/s1. The average Bonchev–Trinajstić information content (AvgIpc) is 3.14. The Balaban J connectivity index is 1.90. The molecule has 2 atom stereocenters. The van der Waals surface area contributed by atoms with E-state index in [9.17, 15) is 14.4 Å². The van der Waals surface area contributed by atoms with Crippen LogP contribution in [0.5, 0.6) is 0 Å². The van der Waals surface area contributed by atoms with Gasteiger partial charge in [0.05, 0.1) is 0 Å². The summed E-state index contributed by atoms with van der Waals surface area (Å²) in [6.45, 7) is 2.54. The first-order valence-corrected chi connectivity index (χ1v) is 9.40. The minimum atomic E-state index is -0.212. The molecule has 0 radical (unpaired) electrons. The molecular weight excluding hydrogens is 320 g/mol. The molecule has 25 heavy (non-hydrogen) atoms. The van der Waals surface area contributed by atoms with E-state index in [1.54, 1.807) is 26.0 Å². The molecule has 1 N–H and O–H groups in total. The van der Waals surface area contributed by atoms with Gasteiger partial charge >= 0.3 is 6.03 Å². The van der Waals surface area contributed by atoms with E-state index in [-0.39, 0.29) is 29.7 Å². The number of likely N-dealkylation sites (N-methyl/N-ethyl adjacent to an activating group) is 1. The number of hydrogen-bond acceptors (Lipinski definition) is 3. The number of amides is 4. The van der Waals surface area contributed by atoms with Gasteiger partial charge in [0.25, 0.3) is 0 Å². The van der Waals surface area contributed by atoms with E-state index in [0.717, 1.165) is 51.6 Å². The third-order valence-electron chi connectivity index (χ3n) is 5.32. The molecule has 0 aromatic heterocycles. The first-order valence-electron chi connectivity index (χ1n) is 9.40. The number of carbonyl (C=O) groups is 3. The van der Waals surface area contributed by atoms with Gasteiger partial charge in [-0.05, 0) is 25.7 Å². The number of likely N-dealkylation sites (tertiary alicyclic amines) is 1. The summed E-state index contributed by atoms with van der Waals surface area (Å²) >= 11 is 0. The van der Waals surface area contributed by atoms with Crippen LogP contribution in [0.15, 0.2) is 0 Å². The van der Waals surface area contributed by atoms with Crippen molar-refractivity contribution in [3.8, 4) is 0 Å². The summed E-state index contributed by atoms with van der Waals surface area (Å²) in [6, 6.07) is -0.166. The maximum absolute atomic E-state index is 12.9. The van der Waals surface area contributed by atoms with Gasteiger partial charge in [0.1, 0.15) is 0 Å². The Morgan fingerprint density at radius 1 is 0.960 bits per heavy atom. The largest absolute Gasteiger partial charge is 0.344 e. The molecule has 7 nitrogen and oxygen atoms in total. The van der Waals surface area contributed by atoms with Crippen LogP contribution < -0.4 is 5.32 Å². The van der Waals surface area contributed by atoms with Crippen LogP contribution in [0.2, 0.25) is 0 Å². The Labute approximate surface area is 150 Å². The van der Waals surface area contributed by atoms with Gasteiger partial charge in [-0.3, -0.25) is 9.59 Å². The Morgan fingerprint density at radius 3 is 2.16 bits per heavy atom. The van der Waals surface area contributed by atoms with Crippen LogP contribution in [0, 0.1) is 11.8 Å². The van der Waals surface area contributed by atoms with Crippen molar-refractivity contribution in [1.29, 1.82) is 0 Å². The molecule has 2 rings (SSSR count). The third kappa shape index (κ3) is 5.09. The first kappa shape index (κ1) is 19.5. The smallest absolute Gasteiger partial charge is 0.316 e. The normalized spacial score (nSPS) is 23.2. The SMILES string of the molecule is CN(C)C(=O)NCCN(C)C(=O)[C@H]1CCCC[C@H]1C(=O)N1CCCC1. The molecule has 7 heteroatoms. The van der Waals surface area contributed by atoms with Gasteiger partial charge in [-0.25, -0.2) is 4.79 Å². The van der Waals surface area contributed by atoms with E-state index in [1.807, 2.05) is 4.90 Å². The maximum atomic E-state index is 12.9. The van der Waals surface area contributed by atoms with Gasteiger partial charge in [-0.2, -0.15) is 0 Å². The molecule has 0 aromatic carbocycles.